The quantitative estimate of drug-likeness (QED) is 0.651. The Bertz CT molecular complexity index is 1070. The molecule has 27 heavy (non-hydrogen) atoms. The van der Waals surface area contributed by atoms with E-state index in [1.807, 2.05) is 36.7 Å². The van der Waals surface area contributed by atoms with Crippen LogP contribution in [0.3, 0.4) is 0 Å². The van der Waals surface area contributed by atoms with Crippen molar-refractivity contribution in [3.63, 3.8) is 0 Å². The number of imidazole rings is 1. The van der Waals surface area contributed by atoms with Crippen LogP contribution in [0.5, 0.6) is 0 Å². The number of benzene rings is 1. The Morgan fingerprint density at radius 2 is 1.93 bits per heavy atom. The monoisotopic (exact) mass is 361 g/mol. The second kappa shape index (κ2) is 6.67. The van der Waals surface area contributed by atoms with Gasteiger partial charge in [0, 0.05) is 12.6 Å². The van der Waals surface area contributed by atoms with Crippen molar-refractivity contribution in [3.05, 3.63) is 35.7 Å². The van der Waals surface area contributed by atoms with E-state index in [0.717, 1.165) is 36.2 Å². The number of hydrogen-bond donors (Lipinski definition) is 2. The number of aromatic nitrogens is 4. The van der Waals surface area contributed by atoms with Crippen molar-refractivity contribution in [1.29, 1.82) is 0 Å². The Morgan fingerprint density at radius 1 is 1.15 bits per heavy atom. The highest BCUT2D eigenvalue weighted by molar-refractivity contribution is 5.85. The summed E-state index contributed by atoms with van der Waals surface area (Å²) in [6.45, 7) is 2.05. The molecule has 1 aliphatic rings. The molecule has 3 N–H and O–H groups in total. The molecule has 0 atom stereocenters. The summed E-state index contributed by atoms with van der Waals surface area (Å²) in [5.41, 5.74) is 8.55. The summed E-state index contributed by atoms with van der Waals surface area (Å²) in [6, 6.07) is 8.13. The molecule has 1 aliphatic carbocycles. The average Bonchev–Trinajstić information content (AvgIpc) is 2.98. The highest BCUT2D eigenvalue weighted by Crippen LogP contribution is 2.28. The Labute approximate surface area is 158 Å². The number of aliphatic hydroxyl groups is 1. The molecule has 0 radical (unpaired) electrons. The summed E-state index contributed by atoms with van der Waals surface area (Å²) in [7, 11) is 1.91. The van der Waals surface area contributed by atoms with Crippen molar-refractivity contribution in [1.82, 2.24) is 19.5 Å². The highest BCUT2D eigenvalue weighted by Gasteiger charge is 2.26. The molecule has 0 spiro atoms. The van der Waals surface area contributed by atoms with Crippen LogP contribution in [0.2, 0.25) is 0 Å². The first kappa shape index (κ1) is 17.5. The summed E-state index contributed by atoms with van der Waals surface area (Å²) in [6.07, 6.45) is 4.53. The fourth-order valence-corrected chi connectivity index (χ4v) is 3.61. The van der Waals surface area contributed by atoms with Crippen LogP contribution < -0.4 is 5.73 Å². The zero-order chi connectivity index (χ0) is 19.0. The lowest BCUT2D eigenvalue weighted by Crippen LogP contribution is -2.29. The number of aryl methyl sites for hydroxylation is 2. The maximum atomic E-state index is 10.6. The molecular weight excluding hydrogens is 338 g/mol. The topological polar surface area (TPSA) is 89.8 Å². The smallest absolute Gasteiger partial charge is 0.209 e. The summed E-state index contributed by atoms with van der Waals surface area (Å²) in [5, 5.41) is 10.6. The molecule has 0 aliphatic heterocycles. The van der Waals surface area contributed by atoms with Crippen LogP contribution in [0.15, 0.2) is 24.3 Å². The zero-order valence-electron chi connectivity index (χ0n) is 15.7. The van der Waals surface area contributed by atoms with Gasteiger partial charge in [-0.15, -0.1) is 0 Å². The van der Waals surface area contributed by atoms with Gasteiger partial charge in [0.15, 0.2) is 17.0 Å². The summed E-state index contributed by atoms with van der Waals surface area (Å²) >= 11 is 0. The lowest BCUT2D eigenvalue weighted by atomic mass is 9.85. The lowest BCUT2D eigenvalue weighted by molar-refractivity contribution is 0.0610. The van der Waals surface area contributed by atoms with Gasteiger partial charge >= 0.3 is 0 Å². The minimum Gasteiger partial charge on any atom is -0.382 e. The Hall–Kier alpha value is -2.91. The third-order valence-corrected chi connectivity index (χ3v) is 5.11. The first-order valence-electron chi connectivity index (χ1n) is 9.28. The van der Waals surface area contributed by atoms with E-state index in [1.54, 1.807) is 0 Å². The van der Waals surface area contributed by atoms with Crippen LogP contribution in [0.25, 0.3) is 22.6 Å². The van der Waals surface area contributed by atoms with E-state index in [0.29, 0.717) is 35.6 Å². The van der Waals surface area contributed by atoms with Crippen LogP contribution in [0.4, 0.5) is 5.82 Å². The summed E-state index contributed by atoms with van der Waals surface area (Å²) < 4.78 is 1.91. The molecular formula is C21H23N5O. The van der Waals surface area contributed by atoms with E-state index < -0.39 is 5.60 Å². The first-order chi connectivity index (χ1) is 13.0. The van der Waals surface area contributed by atoms with Crippen LogP contribution in [0, 0.1) is 18.8 Å². The predicted octanol–water partition coefficient (Wildman–Crippen LogP) is 2.97. The molecule has 6 nitrogen and oxygen atoms in total. The van der Waals surface area contributed by atoms with Gasteiger partial charge in [-0.1, -0.05) is 36.1 Å². The molecule has 1 saturated carbocycles. The van der Waals surface area contributed by atoms with Crippen molar-refractivity contribution in [2.75, 3.05) is 5.73 Å². The molecule has 3 aromatic rings. The number of rotatable bonds is 1. The van der Waals surface area contributed by atoms with E-state index in [9.17, 15) is 5.11 Å². The third-order valence-electron chi connectivity index (χ3n) is 5.11. The van der Waals surface area contributed by atoms with Crippen molar-refractivity contribution < 1.29 is 5.11 Å². The van der Waals surface area contributed by atoms with E-state index in [4.69, 9.17) is 5.73 Å². The lowest BCUT2D eigenvalue weighted by Gasteiger charge is -2.26. The summed E-state index contributed by atoms with van der Waals surface area (Å²) in [5.74, 6) is 7.30. The Balaban J connectivity index is 1.77. The third kappa shape index (κ3) is 3.38. The summed E-state index contributed by atoms with van der Waals surface area (Å²) in [4.78, 5) is 13.5. The number of anilines is 1. The zero-order valence-corrected chi connectivity index (χ0v) is 15.7. The maximum absolute atomic E-state index is 10.6. The molecule has 0 bridgehead atoms. The molecule has 1 aromatic carbocycles. The van der Waals surface area contributed by atoms with Crippen molar-refractivity contribution in [2.45, 2.75) is 44.6 Å². The normalized spacial score (nSPS) is 16.1. The van der Waals surface area contributed by atoms with Gasteiger partial charge in [0.05, 0.1) is 0 Å². The number of nitrogens with zero attached hydrogens (tertiary/aromatic N) is 4. The second-order valence-electron chi connectivity index (χ2n) is 7.31. The van der Waals surface area contributed by atoms with E-state index in [2.05, 4.69) is 32.9 Å². The molecule has 0 amide bonds. The Morgan fingerprint density at radius 3 is 2.67 bits per heavy atom. The molecule has 6 heteroatoms. The molecule has 2 aromatic heterocycles. The average molecular weight is 361 g/mol. The van der Waals surface area contributed by atoms with Gasteiger partial charge in [0.25, 0.3) is 0 Å². The maximum Gasteiger partial charge on any atom is 0.209 e. The standard InChI is InChI=1S/C21H23N5O/c1-14-7-6-8-15(13-14)19-25-17-18(22)23-16(24-20(17)26(19)2)9-12-21(27)10-4-3-5-11-21/h6-8,13,27H,3-5,10-11H2,1-2H3,(H2,22,23,24). The van der Waals surface area contributed by atoms with E-state index in [1.165, 1.54) is 0 Å². The van der Waals surface area contributed by atoms with Gasteiger partial charge in [-0.05, 0) is 44.6 Å². The van der Waals surface area contributed by atoms with Crippen molar-refractivity contribution >= 4 is 17.0 Å². The number of nitrogen functional groups attached to an aromatic ring is 1. The fourth-order valence-electron chi connectivity index (χ4n) is 3.61. The fraction of sp³-hybridized carbons (Fsp3) is 0.381. The minimum atomic E-state index is -0.940. The predicted molar refractivity (Wildman–Crippen MR) is 106 cm³/mol. The largest absolute Gasteiger partial charge is 0.382 e. The van der Waals surface area contributed by atoms with Gasteiger partial charge in [-0.3, -0.25) is 0 Å². The van der Waals surface area contributed by atoms with Crippen molar-refractivity contribution in [2.24, 2.45) is 7.05 Å². The molecule has 4 rings (SSSR count). The van der Waals surface area contributed by atoms with Crippen LogP contribution in [-0.2, 0) is 7.05 Å². The van der Waals surface area contributed by atoms with Crippen LogP contribution >= 0.6 is 0 Å². The van der Waals surface area contributed by atoms with E-state index >= 15 is 0 Å². The van der Waals surface area contributed by atoms with Gasteiger partial charge < -0.3 is 15.4 Å². The van der Waals surface area contributed by atoms with Crippen LogP contribution in [0.1, 0.15) is 43.5 Å². The molecule has 2 heterocycles. The van der Waals surface area contributed by atoms with E-state index in [-0.39, 0.29) is 0 Å². The molecule has 0 saturated heterocycles. The SMILES string of the molecule is Cc1cccc(-c2nc3c(N)nc(C#CC4(O)CCCCC4)nc3n2C)c1. The first-order valence-corrected chi connectivity index (χ1v) is 9.28. The van der Waals surface area contributed by atoms with Gasteiger partial charge in [0.1, 0.15) is 11.4 Å². The highest BCUT2D eigenvalue weighted by atomic mass is 16.3. The molecule has 1 fully saturated rings. The number of fused-ring (bicyclic) bond motifs is 1. The van der Waals surface area contributed by atoms with Crippen molar-refractivity contribution in [3.8, 4) is 23.2 Å². The molecule has 0 unspecified atom stereocenters. The minimum absolute atomic E-state index is 0.300. The van der Waals surface area contributed by atoms with Gasteiger partial charge in [-0.25, -0.2) is 15.0 Å². The second-order valence-corrected chi connectivity index (χ2v) is 7.31. The van der Waals surface area contributed by atoms with Gasteiger partial charge in [-0.2, -0.15) is 0 Å². The van der Waals surface area contributed by atoms with Gasteiger partial charge in [0.2, 0.25) is 5.82 Å². The number of nitrogens with two attached hydrogens (primary N) is 1. The Kier molecular flexibility index (Phi) is 4.33. The van der Waals surface area contributed by atoms with Crippen LogP contribution in [-0.4, -0.2) is 30.2 Å². The number of hydrogen-bond acceptors (Lipinski definition) is 5. The molecule has 138 valence electrons.